The molecular formula is C15H13F4N3O3. The average Bonchev–Trinajstić information content (AvgIpc) is 2.56. The van der Waals surface area contributed by atoms with Crippen LogP contribution in [0.2, 0.25) is 0 Å². The van der Waals surface area contributed by atoms with E-state index in [2.05, 4.69) is 9.72 Å². The number of halogens is 4. The minimum Gasteiger partial charge on any atom is -0.448 e. The molecular weight excluding hydrogens is 346 g/mol. The topological polar surface area (TPSA) is 86.5 Å². The number of hydrazine groups is 1. The number of nitrogens with zero attached hydrogens (tertiary/aromatic N) is 1. The van der Waals surface area contributed by atoms with Gasteiger partial charge in [-0.25, -0.2) is 20.0 Å². The Kier molecular flexibility index (Phi) is 5.75. The summed E-state index contributed by atoms with van der Waals surface area (Å²) in [4.78, 5) is 14.1. The van der Waals surface area contributed by atoms with E-state index in [9.17, 15) is 22.4 Å². The zero-order valence-electron chi connectivity index (χ0n) is 12.6. The van der Waals surface area contributed by atoms with Gasteiger partial charge in [0.2, 0.25) is 5.88 Å². The van der Waals surface area contributed by atoms with Crippen LogP contribution in [-0.2, 0) is 17.3 Å². The van der Waals surface area contributed by atoms with Gasteiger partial charge in [0, 0.05) is 12.5 Å². The molecule has 0 saturated heterocycles. The van der Waals surface area contributed by atoms with E-state index in [1.165, 1.54) is 18.2 Å². The van der Waals surface area contributed by atoms with E-state index in [4.69, 9.17) is 10.6 Å². The molecule has 0 bridgehead atoms. The van der Waals surface area contributed by atoms with Crippen molar-refractivity contribution in [1.29, 1.82) is 0 Å². The first kappa shape index (κ1) is 18.5. The van der Waals surface area contributed by atoms with Crippen LogP contribution in [0.1, 0.15) is 11.3 Å². The highest BCUT2D eigenvalue weighted by molar-refractivity contribution is 5.66. The fraction of sp³-hybridized carbons (Fsp3) is 0.200. The van der Waals surface area contributed by atoms with E-state index < -0.39 is 23.8 Å². The molecule has 6 nitrogen and oxygen atoms in total. The van der Waals surface area contributed by atoms with Gasteiger partial charge in [0.15, 0.2) is 11.6 Å². The maximum Gasteiger partial charge on any atom is 0.433 e. The van der Waals surface area contributed by atoms with Crippen LogP contribution in [0.25, 0.3) is 0 Å². The van der Waals surface area contributed by atoms with E-state index in [0.29, 0.717) is 5.56 Å². The summed E-state index contributed by atoms with van der Waals surface area (Å²) >= 11 is 0. The molecule has 0 radical (unpaired) electrons. The Morgan fingerprint density at radius 3 is 2.64 bits per heavy atom. The van der Waals surface area contributed by atoms with Gasteiger partial charge in [0.05, 0.1) is 6.61 Å². The molecule has 3 N–H and O–H groups in total. The van der Waals surface area contributed by atoms with Crippen LogP contribution < -0.4 is 16.0 Å². The van der Waals surface area contributed by atoms with Crippen LogP contribution in [0.15, 0.2) is 36.4 Å². The van der Waals surface area contributed by atoms with Crippen molar-refractivity contribution in [1.82, 2.24) is 10.4 Å². The number of aromatic nitrogens is 1. The Bertz CT molecular complexity index is 753. The monoisotopic (exact) mass is 359 g/mol. The lowest BCUT2D eigenvalue weighted by molar-refractivity contribution is -0.141. The highest BCUT2D eigenvalue weighted by Crippen LogP contribution is 2.30. The van der Waals surface area contributed by atoms with Crippen LogP contribution in [0.4, 0.5) is 22.4 Å². The molecule has 0 spiro atoms. The third kappa shape index (κ3) is 5.31. The summed E-state index contributed by atoms with van der Waals surface area (Å²) in [5.74, 6) is 3.37. The van der Waals surface area contributed by atoms with E-state index in [1.54, 1.807) is 5.43 Å². The Morgan fingerprint density at radius 2 is 2.00 bits per heavy atom. The molecule has 1 aromatic carbocycles. The Labute approximate surface area is 139 Å². The predicted molar refractivity (Wildman–Crippen MR) is 78.1 cm³/mol. The Morgan fingerprint density at radius 1 is 1.24 bits per heavy atom. The van der Waals surface area contributed by atoms with E-state index in [0.717, 1.165) is 18.2 Å². The number of pyridine rings is 1. The molecule has 0 aliphatic heterocycles. The summed E-state index contributed by atoms with van der Waals surface area (Å²) in [6.45, 7) is -0.0299. The molecule has 25 heavy (non-hydrogen) atoms. The van der Waals surface area contributed by atoms with Crippen molar-refractivity contribution >= 4 is 6.09 Å². The van der Waals surface area contributed by atoms with E-state index in [-0.39, 0.29) is 24.7 Å². The maximum absolute atomic E-state index is 14.0. The normalized spacial score (nSPS) is 11.1. The molecule has 1 aromatic heterocycles. The molecule has 2 aromatic rings. The number of carbonyl (C=O) groups is 1. The number of hydrogen-bond donors (Lipinski definition) is 2. The number of alkyl halides is 3. The van der Waals surface area contributed by atoms with Gasteiger partial charge in [0.25, 0.3) is 0 Å². The van der Waals surface area contributed by atoms with Crippen molar-refractivity contribution in [2.75, 3.05) is 6.61 Å². The van der Waals surface area contributed by atoms with E-state index >= 15 is 0 Å². The van der Waals surface area contributed by atoms with Gasteiger partial charge >= 0.3 is 12.3 Å². The minimum atomic E-state index is -4.63. The van der Waals surface area contributed by atoms with Gasteiger partial charge in [-0.15, -0.1) is 0 Å². The molecule has 0 saturated carbocycles. The van der Waals surface area contributed by atoms with Gasteiger partial charge in [-0.1, -0.05) is 12.1 Å². The highest BCUT2D eigenvalue weighted by atomic mass is 19.4. The molecule has 0 aliphatic rings. The summed E-state index contributed by atoms with van der Waals surface area (Å²) in [6, 6.07) is 6.92. The standard InChI is InChI=1S/C15H13F4N3O3/c16-10-8-9(6-7-24-14(23)22-20)4-5-11(10)25-13-3-1-2-12(21-13)15(17,18)19/h1-5,8H,6-7,20H2,(H,22,23). The number of benzene rings is 1. The maximum atomic E-state index is 14.0. The molecule has 1 heterocycles. The molecule has 2 rings (SSSR count). The van der Waals surface area contributed by atoms with Crippen molar-refractivity contribution in [3.63, 3.8) is 0 Å². The molecule has 0 aliphatic carbocycles. The highest BCUT2D eigenvalue weighted by Gasteiger charge is 2.32. The van der Waals surface area contributed by atoms with Crippen LogP contribution in [-0.4, -0.2) is 17.7 Å². The summed E-state index contributed by atoms with van der Waals surface area (Å²) in [5.41, 5.74) is 1.12. The fourth-order valence-electron chi connectivity index (χ4n) is 1.83. The van der Waals surface area contributed by atoms with Gasteiger partial charge in [-0.3, -0.25) is 5.43 Å². The number of rotatable bonds is 5. The fourth-order valence-corrected chi connectivity index (χ4v) is 1.83. The van der Waals surface area contributed by atoms with Crippen molar-refractivity contribution in [3.8, 4) is 11.6 Å². The van der Waals surface area contributed by atoms with Crippen LogP contribution >= 0.6 is 0 Å². The molecule has 0 fully saturated rings. The van der Waals surface area contributed by atoms with Crippen molar-refractivity contribution in [3.05, 3.63) is 53.5 Å². The van der Waals surface area contributed by atoms with Crippen molar-refractivity contribution < 1.29 is 31.8 Å². The molecule has 0 atom stereocenters. The van der Waals surface area contributed by atoms with Crippen molar-refractivity contribution in [2.24, 2.45) is 5.84 Å². The summed E-state index contributed by atoms with van der Waals surface area (Å²) in [5, 5.41) is 0. The van der Waals surface area contributed by atoms with Crippen LogP contribution in [0, 0.1) is 5.82 Å². The van der Waals surface area contributed by atoms with E-state index in [1.807, 2.05) is 0 Å². The lowest BCUT2D eigenvalue weighted by Crippen LogP contribution is -2.31. The SMILES string of the molecule is NNC(=O)OCCc1ccc(Oc2cccc(C(F)(F)F)n2)c(F)c1. The second-order valence-electron chi connectivity index (χ2n) is 4.76. The predicted octanol–water partition coefficient (Wildman–Crippen LogP) is 3.17. The quantitative estimate of drug-likeness (QED) is 0.371. The third-order valence-corrected chi connectivity index (χ3v) is 2.97. The lowest BCUT2D eigenvalue weighted by atomic mass is 10.1. The van der Waals surface area contributed by atoms with Crippen LogP contribution in [0.5, 0.6) is 11.6 Å². The second-order valence-corrected chi connectivity index (χ2v) is 4.76. The molecule has 10 heteroatoms. The first-order chi connectivity index (χ1) is 11.8. The zero-order chi connectivity index (χ0) is 18.4. The molecule has 134 valence electrons. The number of carbonyl (C=O) groups excluding carboxylic acids is 1. The summed E-state index contributed by atoms with van der Waals surface area (Å²) in [6.07, 6.45) is -5.24. The Balaban J connectivity index is 2.05. The molecule has 1 amide bonds. The van der Waals surface area contributed by atoms with Gasteiger partial charge < -0.3 is 9.47 Å². The molecule has 0 unspecified atom stereocenters. The zero-order valence-corrected chi connectivity index (χ0v) is 12.6. The number of nitrogens with one attached hydrogen (secondary N) is 1. The Hall–Kier alpha value is -2.88. The number of ether oxygens (including phenoxy) is 2. The lowest BCUT2D eigenvalue weighted by Gasteiger charge is -2.10. The van der Waals surface area contributed by atoms with Gasteiger partial charge in [-0.05, 0) is 23.8 Å². The number of nitrogens with two attached hydrogens (primary N) is 1. The minimum absolute atomic E-state index is 0.0299. The average molecular weight is 359 g/mol. The third-order valence-electron chi connectivity index (χ3n) is 2.97. The first-order valence-electron chi connectivity index (χ1n) is 6.93. The second kappa shape index (κ2) is 7.79. The summed E-state index contributed by atoms with van der Waals surface area (Å²) < 4.78 is 61.5. The largest absolute Gasteiger partial charge is 0.448 e. The number of hydrogen-bond acceptors (Lipinski definition) is 5. The van der Waals surface area contributed by atoms with Gasteiger partial charge in [0.1, 0.15) is 5.69 Å². The smallest absolute Gasteiger partial charge is 0.433 e. The first-order valence-corrected chi connectivity index (χ1v) is 6.93. The number of amides is 1. The van der Waals surface area contributed by atoms with Gasteiger partial charge in [-0.2, -0.15) is 13.2 Å². The van der Waals surface area contributed by atoms with Crippen molar-refractivity contribution in [2.45, 2.75) is 12.6 Å². The van der Waals surface area contributed by atoms with Crippen LogP contribution in [0.3, 0.4) is 0 Å². The summed E-state index contributed by atoms with van der Waals surface area (Å²) in [7, 11) is 0.